The van der Waals surface area contributed by atoms with E-state index in [1.54, 1.807) is 11.8 Å². The van der Waals surface area contributed by atoms with Gasteiger partial charge in [-0.15, -0.1) is 11.8 Å². The second-order valence-electron chi connectivity index (χ2n) is 2.81. The van der Waals surface area contributed by atoms with Crippen LogP contribution in [0.4, 0.5) is 5.82 Å². The van der Waals surface area contributed by atoms with E-state index in [9.17, 15) is 4.21 Å². The van der Waals surface area contributed by atoms with E-state index < -0.39 is 10.8 Å². The maximum atomic E-state index is 11.2. The molecule has 1 heterocycles. The minimum Gasteiger partial charge on any atom is -0.369 e. The Kier molecular flexibility index (Phi) is 5.63. The Hall–Kier alpha value is -0.620. The summed E-state index contributed by atoms with van der Waals surface area (Å²) in [6, 6.07) is 1.89. The minimum atomic E-state index is -0.719. The van der Waals surface area contributed by atoms with Gasteiger partial charge in [0.05, 0.1) is 0 Å². The molecule has 0 aliphatic rings. The molecule has 0 aliphatic heterocycles. The maximum absolute atomic E-state index is 11.2. The van der Waals surface area contributed by atoms with Crippen LogP contribution in [0.25, 0.3) is 0 Å². The van der Waals surface area contributed by atoms with Crippen molar-refractivity contribution in [1.29, 1.82) is 0 Å². The lowest BCUT2D eigenvalue weighted by molar-refractivity contribution is 0.684. The van der Waals surface area contributed by atoms with Crippen LogP contribution in [0.2, 0.25) is 0 Å². The Labute approximate surface area is 96.7 Å². The Balaban J connectivity index is 2.40. The molecular formula is C9H15N3OS2. The van der Waals surface area contributed by atoms with E-state index in [-0.39, 0.29) is 0 Å². The van der Waals surface area contributed by atoms with Crippen LogP contribution in [0, 0.1) is 0 Å². The van der Waals surface area contributed by atoms with Gasteiger partial charge in [-0.05, 0) is 6.26 Å². The highest BCUT2D eigenvalue weighted by Crippen LogP contribution is 2.13. The van der Waals surface area contributed by atoms with Crippen molar-refractivity contribution in [3.63, 3.8) is 0 Å². The van der Waals surface area contributed by atoms with Gasteiger partial charge in [0.25, 0.3) is 0 Å². The molecule has 0 saturated heterocycles. The summed E-state index contributed by atoms with van der Waals surface area (Å²) in [6.45, 7) is 2.61. The van der Waals surface area contributed by atoms with E-state index in [1.165, 1.54) is 6.33 Å². The van der Waals surface area contributed by atoms with Crippen LogP contribution in [-0.4, -0.2) is 38.5 Å². The summed E-state index contributed by atoms with van der Waals surface area (Å²) in [5.74, 6) is 2.17. The summed E-state index contributed by atoms with van der Waals surface area (Å²) in [7, 11) is -0.719. The van der Waals surface area contributed by atoms with Gasteiger partial charge in [0.2, 0.25) is 0 Å². The van der Waals surface area contributed by atoms with Crippen LogP contribution < -0.4 is 5.32 Å². The van der Waals surface area contributed by atoms with Crippen molar-refractivity contribution >= 4 is 28.4 Å². The molecule has 0 spiro atoms. The molecule has 0 saturated carbocycles. The van der Waals surface area contributed by atoms with Gasteiger partial charge in [0.1, 0.15) is 17.2 Å². The van der Waals surface area contributed by atoms with Crippen LogP contribution >= 0.6 is 11.8 Å². The second-order valence-corrected chi connectivity index (χ2v) is 5.50. The standard InChI is InChI=1S/C9H15N3OS2/c1-3-15(13)5-4-10-8-6-9(14-2)12-7-11-8/h6-7H,3-5H2,1-2H3,(H,10,11,12). The normalized spacial score (nSPS) is 12.4. The molecule has 0 radical (unpaired) electrons. The molecule has 15 heavy (non-hydrogen) atoms. The number of nitrogens with zero attached hydrogens (tertiary/aromatic N) is 2. The molecule has 1 aromatic rings. The molecule has 6 heteroatoms. The number of rotatable bonds is 6. The molecule has 1 N–H and O–H groups in total. The van der Waals surface area contributed by atoms with Gasteiger partial charge < -0.3 is 5.32 Å². The second kappa shape index (κ2) is 6.79. The van der Waals surface area contributed by atoms with Gasteiger partial charge in [0.15, 0.2) is 0 Å². The average molecular weight is 245 g/mol. The van der Waals surface area contributed by atoms with E-state index in [2.05, 4.69) is 15.3 Å². The summed E-state index contributed by atoms with van der Waals surface area (Å²) in [6.07, 6.45) is 3.50. The topological polar surface area (TPSA) is 54.9 Å². The van der Waals surface area contributed by atoms with Crippen LogP contribution in [0.5, 0.6) is 0 Å². The van der Waals surface area contributed by atoms with Gasteiger partial charge in [-0.25, -0.2) is 9.97 Å². The molecule has 0 bridgehead atoms. The summed E-state index contributed by atoms with van der Waals surface area (Å²) < 4.78 is 11.2. The van der Waals surface area contributed by atoms with E-state index in [4.69, 9.17) is 0 Å². The fourth-order valence-electron chi connectivity index (χ4n) is 0.985. The maximum Gasteiger partial charge on any atom is 0.130 e. The van der Waals surface area contributed by atoms with Crippen molar-refractivity contribution in [2.75, 3.05) is 29.6 Å². The van der Waals surface area contributed by atoms with Crippen molar-refractivity contribution in [3.05, 3.63) is 12.4 Å². The molecule has 1 rings (SSSR count). The van der Waals surface area contributed by atoms with E-state index in [1.807, 2.05) is 19.2 Å². The summed E-state index contributed by atoms with van der Waals surface area (Å²) in [4.78, 5) is 8.14. The largest absolute Gasteiger partial charge is 0.369 e. The first-order valence-electron chi connectivity index (χ1n) is 4.71. The first-order valence-corrected chi connectivity index (χ1v) is 7.42. The van der Waals surface area contributed by atoms with Gasteiger partial charge in [0, 0.05) is 34.9 Å². The molecular weight excluding hydrogens is 230 g/mol. The molecule has 0 fully saturated rings. The third kappa shape index (κ3) is 4.61. The molecule has 0 amide bonds. The van der Waals surface area contributed by atoms with Gasteiger partial charge >= 0.3 is 0 Å². The van der Waals surface area contributed by atoms with Crippen LogP contribution in [0.15, 0.2) is 17.4 Å². The highest BCUT2D eigenvalue weighted by atomic mass is 32.2. The van der Waals surface area contributed by atoms with Gasteiger partial charge in [-0.2, -0.15) is 0 Å². The zero-order valence-corrected chi connectivity index (χ0v) is 10.5. The van der Waals surface area contributed by atoms with Crippen LogP contribution in [0.1, 0.15) is 6.92 Å². The summed E-state index contributed by atoms with van der Waals surface area (Å²) in [5, 5.41) is 4.06. The monoisotopic (exact) mass is 245 g/mol. The van der Waals surface area contributed by atoms with E-state index in [0.717, 1.165) is 10.8 Å². The number of aromatic nitrogens is 2. The summed E-state index contributed by atoms with van der Waals surface area (Å²) in [5.41, 5.74) is 0. The Morgan fingerprint density at radius 2 is 2.33 bits per heavy atom. The van der Waals surface area contributed by atoms with Crippen molar-refractivity contribution < 1.29 is 4.21 Å². The molecule has 0 aliphatic carbocycles. The van der Waals surface area contributed by atoms with Gasteiger partial charge in [-0.3, -0.25) is 4.21 Å². The number of nitrogens with one attached hydrogen (secondary N) is 1. The Morgan fingerprint density at radius 3 is 3.00 bits per heavy atom. The molecule has 84 valence electrons. The van der Waals surface area contributed by atoms with Crippen molar-refractivity contribution in [1.82, 2.24) is 9.97 Å². The number of hydrogen-bond acceptors (Lipinski definition) is 5. The first kappa shape index (κ1) is 12.4. The SMILES string of the molecule is CCS(=O)CCNc1cc(SC)ncn1. The van der Waals surface area contributed by atoms with Crippen molar-refractivity contribution in [3.8, 4) is 0 Å². The molecule has 1 aromatic heterocycles. The van der Waals surface area contributed by atoms with E-state index in [0.29, 0.717) is 18.1 Å². The fourth-order valence-corrected chi connectivity index (χ4v) is 1.99. The molecule has 1 unspecified atom stereocenters. The third-order valence-corrected chi connectivity index (χ3v) is 3.75. The smallest absolute Gasteiger partial charge is 0.130 e. The van der Waals surface area contributed by atoms with Crippen molar-refractivity contribution in [2.45, 2.75) is 11.9 Å². The fraction of sp³-hybridized carbons (Fsp3) is 0.556. The van der Waals surface area contributed by atoms with Crippen LogP contribution in [-0.2, 0) is 10.8 Å². The Bertz CT molecular complexity index is 333. The minimum absolute atomic E-state index is 0.662. The summed E-state index contributed by atoms with van der Waals surface area (Å²) >= 11 is 1.58. The lowest BCUT2D eigenvalue weighted by Crippen LogP contribution is -2.12. The predicted molar refractivity (Wildman–Crippen MR) is 65.9 cm³/mol. The lowest BCUT2D eigenvalue weighted by Gasteiger charge is -2.05. The quantitative estimate of drug-likeness (QED) is 0.606. The van der Waals surface area contributed by atoms with Crippen molar-refractivity contribution in [2.24, 2.45) is 0 Å². The first-order chi connectivity index (χ1) is 7.26. The third-order valence-electron chi connectivity index (χ3n) is 1.81. The zero-order chi connectivity index (χ0) is 11.1. The highest BCUT2D eigenvalue weighted by molar-refractivity contribution is 7.98. The lowest BCUT2D eigenvalue weighted by atomic mass is 10.5. The van der Waals surface area contributed by atoms with Gasteiger partial charge in [-0.1, -0.05) is 6.92 Å². The molecule has 0 aromatic carbocycles. The van der Waals surface area contributed by atoms with Crippen LogP contribution in [0.3, 0.4) is 0 Å². The van der Waals surface area contributed by atoms with E-state index >= 15 is 0 Å². The predicted octanol–water partition coefficient (Wildman–Crippen LogP) is 1.38. The number of anilines is 1. The highest BCUT2D eigenvalue weighted by Gasteiger charge is 1.98. The number of hydrogen-bond donors (Lipinski definition) is 1. The zero-order valence-electron chi connectivity index (χ0n) is 8.90. The molecule has 4 nitrogen and oxygen atoms in total. The Morgan fingerprint density at radius 1 is 1.53 bits per heavy atom. The number of thioether (sulfide) groups is 1. The molecule has 1 atom stereocenters. The average Bonchev–Trinajstić information content (AvgIpc) is 2.29.